The molecule has 0 atom stereocenters. The van der Waals surface area contributed by atoms with E-state index in [1.54, 1.807) is 19.2 Å². The van der Waals surface area contributed by atoms with E-state index in [4.69, 9.17) is 4.42 Å². The highest BCUT2D eigenvalue weighted by Crippen LogP contribution is 2.07. The van der Waals surface area contributed by atoms with Gasteiger partial charge in [0.2, 0.25) is 0 Å². The highest BCUT2D eigenvalue weighted by Gasteiger charge is 2.09. The Morgan fingerprint density at radius 2 is 2.35 bits per heavy atom. The Hall–Kier alpha value is -2.30. The maximum atomic E-state index is 11.6. The van der Waals surface area contributed by atoms with Gasteiger partial charge >= 0.3 is 0 Å². The topological polar surface area (TPSA) is 59.5 Å². The van der Waals surface area contributed by atoms with E-state index in [1.165, 1.54) is 6.26 Å². The largest absolute Gasteiger partial charge is 0.469 e. The summed E-state index contributed by atoms with van der Waals surface area (Å²) in [5.41, 5.74) is 3.85. The van der Waals surface area contributed by atoms with Crippen molar-refractivity contribution in [2.24, 2.45) is 12.1 Å². The summed E-state index contributed by atoms with van der Waals surface area (Å²) in [5.74, 6) is 0.304. The smallest absolute Gasteiger partial charge is 0.274 e. The zero-order valence-electron chi connectivity index (χ0n) is 9.68. The van der Waals surface area contributed by atoms with Crippen LogP contribution in [0.2, 0.25) is 0 Å². The number of hydrogen-bond acceptors (Lipinski definition) is 3. The number of hydrogen-bond donors (Lipinski definition) is 1. The fourth-order valence-electron chi connectivity index (χ4n) is 1.45. The van der Waals surface area contributed by atoms with Crippen LogP contribution in [0.5, 0.6) is 0 Å². The van der Waals surface area contributed by atoms with Crippen LogP contribution in [-0.2, 0) is 7.05 Å². The van der Waals surface area contributed by atoms with Crippen LogP contribution < -0.4 is 5.43 Å². The molecule has 2 rings (SSSR count). The van der Waals surface area contributed by atoms with Crippen molar-refractivity contribution in [1.82, 2.24) is 9.99 Å². The SMILES string of the molecule is Cc1occc1C(=O)N/N=C/c1cccn1C. The van der Waals surface area contributed by atoms with Gasteiger partial charge < -0.3 is 8.98 Å². The quantitative estimate of drug-likeness (QED) is 0.645. The molecule has 0 aromatic carbocycles. The van der Waals surface area contributed by atoms with Gasteiger partial charge in [0, 0.05) is 13.2 Å². The van der Waals surface area contributed by atoms with Gasteiger partial charge in [-0.3, -0.25) is 4.79 Å². The first-order valence-electron chi connectivity index (χ1n) is 5.17. The van der Waals surface area contributed by atoms with Gasteiger partial charge in [-0.1, -0.05) is 0 Å². The Balaban J connectivity index is 2.00. The van der Waals surface area contributed by atoms with Crippen molar-refractivity contribution < 1.29 is 9.21 Å². The third-order valence-corrected chi connectivity index (χ3v) is 2.45. The second-order valence-electron chi connectivity index (χ2n) is 3.63. The molecule has 5 heteroatoms. The molecule has 5 nitrogen and oxygen atoms in total. The highest BCUT2D eigenvalue weighted by molar-refractivity contribution is 5.95. The average molecular weight is 231 g/mol. The van der Waals surface area contributed by atoms with Gasteiger partial charge in [-0.25, -0.2) is 5.43 Å². The molecule has 0 bridgehead atoms. The van der Waals surface area contributed by atoms with Gasteiger partial charge in [0.1, 0.15) is 5.76 Å². The van der Waals surface area contributed by atoms with Crippen molar-refractivity contribution in [2.45, 2.75) is 6.92 Å². The number of aryl methyl sites for hydroxylation is 2. The van der Waals surface area contributed by atoms with Crippen LogP contribution in [0.1, 0.15) is 21.8 Å². The van der Waals surface area contributed by atoms with E-state index in [1.807, 2.05) is 29.9 Å². The summed E-state index contributed by atoms with van der Waals surface area (Å²) >= 11 is 0. The van der Waals surface area contributed by atoms with Crippen LogP contribution in [0.25, 0.3) is 0 Å². The Kier molecular flexibility index (Phi) is 3.09. The van der Waals surface area contributed by atoms with Crippen molar-refractivity contribution in [3.05, 3.63) is 47.7 Å². The monoisotopic (exact) mass is 231 g/mol. The fraction of sp³-hybridized carbons (Fsp3) is 0.167. The summed E-state index contributed by atoms with van der Waals surface area (Å²) in [6.45, 7) is 1.73. The lowest BCUT2D eigenvalue weighted by Gasteiger charge is -1.98. The Labute approximate surface area is 98.7 Å². The van der Waals surface area contributed by atoms with Crippen LogP contribution in [0.15, 0.2) is 40.2 Å². The molecule has 2 aromatic rings. The molecular weight excluding hydrogens is 218 g/mol. The number of amides is 1. The van der Waals surface area contributed by atoms with Gasteiger partial charge in [0.05, 0.1) is 23.7 Å². The van der Waals surface area contributed by atoms with Gasteiger partial charge in [-0.2, -0.15) is 5.10 Å². The minimum Gasteiger partial charge on any atom is -0.469 e. The normalized spacial score (nSPS) is 10.9. The first-order valence-corrected chi connectivity index (χ1v) is 5.17. The Bertz CT molecular complexity index is 552. The maximum absolute atomic E-state index is 11.6. The number of rotatable bonds is 3. The average Bonchev–Trinajstić information content (AvgIpc) is 2.88. The molecular formula is C12H13N3O2. The van der Waals surface area contributed by atoms with E-state index in [-0.39, 0.29) is 5.91 Å². The number of nitrogens with zero attached hydrogens (tertiary/aromatic N) is 2. The van der Waals surface area contributed by atoms with Crippen molar-refractivity contribution >= 4 is 12.1 Å². The van der Waals surface area contributed by atoms with Crippen LogP contribution in [0.4, 0.5) is 0 Å². The van der Waals surface area contributed by atoms with Gasteiger partial charge in [0.25, 0.3) is 5.91 Å². The van der Waals surface area contributed by atoms with Gasteiger partial charge in [0.15, 0.2) is 0 Å². The highest BCUT2D eigenvalue weighted by atomic mass is 16.3. The predicted molar refractivity (Wildman–Crippen MR) is 63.9 cm³/mol. The molecule has 0 fully saturated rings. The van der Waals surface area contributed by atoms with E-state index in [2.05, 4.69) is 10.5 Å². The summed E-state index contributed by atoms with van der Waals surface area (Å²) in [5, 5.41) is 3.88. The standard InChI is InChI=1S/C12H13N3O2/c1-9-11(5-7-17-9)12(16)14-13-8-10-4-3-6-15(10)2/h3-8H,1-2H3,(H,14,16)/b13-8+. The van der Waals surface area contributed by atoms with E-state index >= 15 is 0 Å². The summed E-state index contributed by atoms with van der Waals surface area (Å²) < 4.78 is 6.94. The molecule has 88 valence electrons. The third-order valence-electron chi connectivity index (χ3n) is 2.45. The summed E-state index contributed by atoms with van der Waals surface area (Å²) in [6.07, 6.45) is 4.97. The number of carbonyl (C=O) groups excluding carboxylic acids is 1. The number of carbonyl (C=O) groups is 1. The minimum atomic E-state index is -0.276. The van der Waals surface area contributed by atoms with Crippen molar-refractivity contribution in [2.75, 3.05) is 0 Å². The maximum Gasteiger partial charge on any atom is 0.274 e. The molecule has 0 saturated carbocycles. The van der Waals surface area contributed by atoms with E-state index in [9.17, 15) is 4.79 Å². The van der Waals surface area contributed by atoms with Crippen molar-refractivity contribution in [3.8, 4) is 0 Å². The second-order valence-corrected chi connectivity index (χ2v) is 3.63. The first kappa shape index (κ1) is 11.2. The lowest BCUT2D eigenvalue weighted by molar-refractivity contribution is 0.0953. The molecule has 0 radical (unpaired) electrons. The number of nitrogens with one attached hydrogen (secondary N) is 1. The molecule has 0 unspecified atom stereocenters. The minimum absolute atomic E-state index is 0.276. The second kappa shape index (κ2) is 4.69. The molecule has 0 spiro atoms. The molecule has 17 heavy (non-hydrogen) atoms. The van der Waals surface area contributed by atoms with E-state index < -0.39 is 0 Å². The van der Waals surface area contributed by atoms with Crippen LogP contribution >= 0.6 is 0 Å². The van der Waals surface area contributed by atoms with Crippen LogP contribution in [0, 0.1) is 6.92 Å². The van der Waals surface area contributed by atoms with Crippen molar-refractivity contribution in [3.63, 3.8) is 0 Å². The summed E-state index contributed by atoms with van der Waals surface area (Å²) in [6, 6.07) is 5.42. The lowest BCUT2D eigenvalue weighted by atomic mass is 10.2. The number of furan rings is 1. The molecule has 0 aliphatic heterocycles. The van der Waals surface area contributed by atoms with Crippen LogP contribution in [-0.4, -0.2) is 16.7 Å². The lowest BCUT2D eigenvalue weighted by Crippen LogP contribution is -2.18. The van der Waals surface area contributed by atoms with Crippen molar-refractivity contribution in [1.29, 1.82) is 0 Å². The summed E-state index contributed by atoms with van der Waals surface area (Å²) in [7, 11) is 1.91. The first-order chi connectivity index (χ1) is 8.18. The molecule has 0 aliphatic carbocycles. The summed E-state index contributed by atoms with van der Waals surface area (Å²) in [4.78, 5) is 11.6. The fourth-order valence-corrected chi connectivity index (χ4v) is 1.45. The molecule has 2 aromatic heterocycles. The predicted octanol–water partition coefficient (Wildman–Crippen LogP) is 1.69. The van der Waals surface area contributed by atoms with Gasteiger partial charge in [-0.05, 0) is 25.1 Å². The van der Waals surface area contributed by atoms with E-state index in [0.717, 1.165) is 5.69 Å². The number of hydrazone groups is 1. The van der Waals surface area contributed by atoms with Gasteiger partial charge in [-0.15, -0.1) is 0 Å². The Morgan fingerprint density at radius 3 is 2.94 bits per heavy atom. The molecule has 1 amide bonds. The third kappa shape index (κ3) is 2.44. The zero-order chi connectivity index (χ0) is 12.3. The molecule has 1 N–H and O–H groups in total. The zero-order valence-corrected chi connectivity index (χ0v) is 9.68. The Morgan fingerprint density at radius 1 is 1.53 bits per heavy atom. The molecule has 2 heterocycles. The van der Waals surface area contributed by atoms with Crippen LogP contribution in [0.3, 0.4) is 0 Å². The molecule has 0 aliphatic rings. The number of aromatic nitrogens is 1. The van der Waals surface area contributed by atoms with E-state index in [0.29, 0.717) is 11.3 Å². The molecule has 0 saturated heterocycles.